The van der Waals surface area contributed by atoms with E-state index in [1.165, 1.54) is 83.5 Å². The molecule has 0 aliphatic heterocycles. The fourth-order valence-electron chi connectivity index (χ4n) is 9.52. The summed E-state index contributed by atoms with van der Waals surface area (Å²) in [6.45, 7) is 22.9. The summed E-state index contributed by atoms with van der Waals surface area (Å²) in [5, 5.41) is 0. The second-order valence-electron chi connectivity index (χ2n) is 15.5. The van der Waals surface area contributed by atoms with Crippen molar-refractivity contribution in [2.75, 3.05) is 0 Å². The van der Waals surface area contributed by atoms with Crippen LogP contribution < -0.4 is 0 Å². The summed E-state index contributed by atoms with van der Waals surface area (Å²) < 4.78 is 5.90. The van der Waals surface area contributed by atoms with E-state index in [0.29, 0.717) is 17.3 Å². The first kappa shape index (κ1) is 37.4. The average molecular weight is 587 g/mol. The summed E-state index contributed by atoms with van der Waals surface area (Å²) >= 11 is 0. The van der Waals surface area contributed by atoms with Gasteiger partial charge in [-0.05, 0) is 104 Å². The fourth-order valence-corrected chi connectivity index (χ4v) is 9.52. The normalized spacial score (nSPS) is 34.0. The lowest BCUT2D eigenvalue weighted by atomic mass is 9.47. The van der Waals surface area contributed by atoms with Gasteiger partial charge in [0.05, 0.1) is 0 Å². The number of ether oxygens (including phenoxy) is 1. The minimum atomic E-state index is 0.0264. The summed E-state index contributed by atoms with van der Waals surface area (Å²) in [6, 6.07) is 0. The molecule has 3 fully saturated rings. The largest absolute Gasteiger partial charge is 0.462 e. The van der Waals surface area contributed by atoms with E-state index in [1.54, 1.807) is 5.57 Å². The molecule has 0 aromatic rings. The minimum Gasteiger partial charge on any atom is -0.462 e. The van der Waals surface area contributed by atoms with E-state index >= 15 is 0 Å². The number of hydrogen-bond donors (Lipinski definition) is 0. The van der Waals surface area contributed by atoms with Crippen LogP contribution in [0.5, 0.6) is 0 Å². The highest BCUT2D eigenvalue weighted by Gasteiger charge is 2.58. The van der Waals surface area contributed by atoms with Crippen LogP contribution in [0.2, 0.25) is 0 Å². The molecular formula is C40H74O2. The average Bonchev–Trinajstić information content (AvgIpc) is 3.32. The number of fused-ring (bicyclic) bond motifs is 5. The van der Waals surface area contributed by atoms with Gasteiger partial charge in [0.1, 0.15) is 6.10 Å². The number of unbranched alkanes of at least 4 members (excludes halogenated alkanes) is 2. The molecule has 0 aromatic heterocycles. The molecule has 2 nitrogen and oxygen atoms in total. The summed E-state index contributed by atoms with van der Waals surface area (Å²) in [5.41, 5.74) is 2.58. The van der Waals surface area contributed by atoms with Gasteiger partial charge in [0, 0.05) is 12.8 Å². The zero-order valence-electron chi connectivity index (χ0n) is 30.2. The van der Waals surface area contributed by atoms with Crippen molar-refractivity contribution in [3.63, 3.8) is 0 Å². The van der Waals surface area contributed by atoms with Crippen molar-refractivity contribution < 1.29 is 9.53 Å². The van der Waals surface area contributed by atoms with Gasteiger partial charge >= 0.3 is 5.97 Å². The van der Waals surface area contributed by atoms with Gasteiger partial charge in [0.15, 0.2) is 0 Å². The third-order valence-electron chi connectivity index (χ3n) is 12.4. The van der Waals surface area contributed by atoms with Crippen molar-refractivity contribution in [3.05, 3.63) is 11.6 Å². The van der Waals surface area contributed by atoms with Crippen molar-refractivity contribution in [2.45, 2.75) is 191 Å². The molecule has 0 heterocycles. The van der Waals surface area contributed by atoms with Gasteiger partial charge in [-0.1, -0.05) is 126 Å². The Morgan fingerprint density at radius 2 is 1.64 bits per heavy atom. The summed E-state index contributed by atoms with van der Waals surface area (Å²) in [5.74, 6) is 5.47. The first-order valence-corrected chi connectivity index (χ1v) is 19.0. The molecule has 0 bridgehead atoms. The molecular weight excluding hydrogens is 512 g/mol. The topological polar surface area (TPSA) is 26.3 Å². The van der Waals surface area contributed by atoms with Crippen LogP contribution in [-0.4, -0.2) is 12.1 Å². The Bertz CT molecular complexity index is 797. The molecule has 0 spiro atoms. The molecule has 8 unspecified atom stereocenters. The van der Waals surface area contributed by atoms with Crippen LogP contribution in [-0.2, 0) is 9.53 Å². The Kier molecular flexibility index (Phi) is 16.2. The van der Waals surface area contributed by atoms with E-state index in [4.69, 9.17) is 4.74 Å². The molecule has 3 saturated carbocycles. The van der Waals surface area contributed by atoms with Crippen LogP contribution in [0.3, 0.4) is 0 Å². The number of carbonyl (C=O) groups excluding carboxylic acids is 1. The molecule has 8 atom stereocenters. The Morgan fingerprint density at radius 1 is 0.905 bits per heavy atom. The van der Waals surface area contributed by atoms with E-state index in [9.17, 15) is 4.79 Å². The predicted octanol–water partition coefficient (Wildman–Crippen LogP) is 12.7. The highest BCUT2D eigenvalue weighted by molar-refractivity contribution is 5.69. The van der Waals surface area contributed by atoms with Crippen LogP contribution in [0.25, 0.3) is 0 Å². The third kappa shape index (κ3) is 9.60. The minimum absolute atomic E-state index is 0.0264. The molecule has 0 amide bonds. The molecule has 0 N–H and O–H groups in total. The predicted molar refractivity (Wildman–Crippen MR) is 184 cm³/mol. The number of esters is 1. The Hall–Kier alpha value is -0.790. The van der Waals surface area contributed by atoms with Gasteiger partial charge in [-0.25, -0.2) is 0 Å². The van der Waals surface area contributed by atoms with Crippen LogP contribution in [0, 0.1) is 46.3 Å². The van der Waals surface area contributed by atoms with E-state index in [1.807, 2.05) is 13.8 Å². The van der Waals surface area contributed by atoms with Crippen molar-refractivity contribution in [1.29, 1.82) is 0 Å². The Balaban J connectivity index is 0.000000601. The second kappa shape index (κ2) is 18.2. The first-order valence-electron chi connectivity index (χ1n) is 19.0. The molecule has 2 heteroatoms. The van der Waals surface area contributed by atoms with Gasteiger partial charge in [0.2, 0.25) is 0 Å². The third-order valence-corrected chi connectivity index (χ3v) is 12.4. The van der Waals surface area contributed by atoms with E-state index in [0.717, 1.165) is 61.2 Å². The highest BCUT2D eigenvalue weighted by Crippen LogP contribution is 2.66. The lowest BCUT2D eigenvalue weighted by Crippen LogP contribution is -2.50. The molecule has 4 rings (SSSR count). The number of hydrogen-bond acceptors (Lipinski definition) is 2. The lowest BCUT2D eigenvalue weighted by molar-refractivity contribution is -0.151. The fraction of sp³-hybridized carbons (Fsp3) is 0.925. The number of carbonyl (C=O) groups is 1. The van der Waals surface area contributed by atoms with Crippen LogP contribution >= 0.6 is 0 Å². The van der Waals surface area contributed by atoms with E-state index in [2.05, 4.69) is 61.5 Å². The molecule has 4 aliphatic rings. The SMILES string of the molecule is CC.CCCC(C)CC.CCCCC(=O)OC1CCC2(C)C(=CCC3C2CCC2(C)C(CCCCC(C)C)CCC32)C1. The Labute approximate surface area is 264 Å². The zero-order valence-corrected chi connectivity index (χ0v) is 30.2. The maximum atomic E-state index is 12.2. The molecule has 0 radical (unpaired) electrons. The maximum absolute atomic E-state index is 12.2. The monoisotopic (exact) mass is 587 g/mol. The standard InChI is InChI=1S/C31H52O2.C7H16.C2H6/c1-6-7-12-29(32)33-25-17-19-31(5)24(21-25)13-15-26-27-16-14-23(11-9-8-10-22(2)3)30(27,4)20-18-28(26)31;1-4-6-7(3)5-2;1-2/h13,22-23,25-28H,6-12,14-21H2,1-5H3;7H,4-6H2,1-3H3;1-2H3. The van der Waals surface area contributed by atoms with Crippen LogP contribution in [0.1, 0.15) is 185 Å². The summed E-state index contributed by atoms with van der Waals surface area (Å²) in [7, 11) is 0. The summed E-state index contributed by atoms with van der Waals surface area (Å²) in [6.07, 6.45) is 25.6. The van der Waals surface area contributed by atoms with Crippen molar-refractivity contribution in [2.24, 2.45) is 46.3 Å². The van der Waals surface area contributed by atoms with Crippen molar-refractivity contribution >= 4 is 5.97 Å². The van der Waals surface area contributed by atoms with Crippen LogP contribution in [0.4, 0.5) is 0 Å². The molecule has 0 aromatic carbocycles. The smallest absolute Gasteiger partial charge is 0.306 e. The molecule has 42 heavy (non-hydrogen) atoms. The number of rotatable bonds is 12. The van der Waals surface area contributed by atoms with Gasteiger partial charge < -0.3 is 4.74 Å². The summed E-state index contributed by atoms with van der Waals surface area (Å²) in [4.78, 5) is 12.2. The van der Waals surface area contributed by atoms with Crippen LogP contribution in [0.15, 0.2) is 11.6 Å². The molecule has 4 aliphatic carbocycles. The molecule has 0 saturated heterocycles. The van der Waals surface area contributed by atoms with Crippen molar-refractivity contribution in [1.82, 2.24) is 0 Å². The van der Waals surface area contributed by atoms with Gasteiger partial charge in [0.25, 0.3) is 0 Å². The zero-order chi connectivity index (χ0) is 31.3. The van der Waals surface area contributed by atoms with E-state index < -0.39 is 0 Å². The van der Waals surface area contributed by atoms with Gasteiger partial charge in [-0.3, -0.25) is 4.79 Å². The quantitative estimate of drug-likeness (QED) is 0.129. The maximum Gasteiger partial charge on any atom is 0.306 e. The van der Waals surface area contributed by atoms with Crippen molar-refractivity contribution in [3.8, 4) is 0 Å². The van der Waals surface area contributed by atoms with Gasteiger partial charge in [-0.2, -0.15) is 0 Å². The second-order valence-corrected chi connectivity index (χ2v) is 15.5. The lowest BCUT2D eigenvalue weighted by Gasteiger charge is -2.58. The molecule has 246 valence electrons. The van der Waals surface area contributed by atoms with E-state index in [-0.39, 0.29) is 12.1 Å². The Morgan fingerprint density at radius 3 is 2.26 bits per heavy atom. The highest BCUT2D eigenvalue weighted by atomic mass is 16.5. The first-order chi connectivity index (χ1) is 20.1. The van der Waals surface area contributed by atoms with Gasteiger partial charge in [-0.15, -0.1) is 0 Å². The number of allylic oxidation sites excluding steroid dienone is 1.